The van der Waals surface area contributed by atoms with Crippen LogP contribution in [0.5, 0.6) is 0 Å². The molecule has 0 bridgehead atoms. The second-order valence-electron chi connectivity index (χ2n) is 6.39. The minimum Gasteiger partial charge on any atom is -0.396 e. The molecule has 1 atom stereocenters. The van der Waals surface area contributed by atoms with Crippen LogP contribution in [-0.4, -0.2) is 48.7 Å². The van der Waals surface area contributed by atoms with Crippen molar-refractivity contribution in [1.29, 1.82) is 0 Å². The molecule has 0 aliphatic carbocycles. The topological polar surface area (TPSA) is 52.6 Å². The number of carbonyl (C=O) groups excluding carboxylic acids is 1. The lowest BCUT2D eigenvalue weighted by atomic mass is 9.99. The van der Waals surface area contributed by atoms with E-state index >= 15 is 0 Å². The van der Waals surface area contributed by atoms with Gasteiger partial charge in [0.1, 0.15) is 0 Å². The van der Waals surface area contributed by atoms with Crippen LogP contribution in [0.15, 0.2) is 36.4 Å². The Morgan fingerprint density at radius 2 is 2.04 bits per heavy atom. The zero-order valence-corrected chi connectivity index (χ0v) is 14.4. The molecule has 2 aromatic rings. The van der Waals surface area contributed by atoms with Crippen molar-refractivity contribution in [3.05, 3.63) is 47.0 Å². The van der Waals surface area contributed by atoms with Crippen LogP contribution >= 0.6 is 11.6 Å². The quantitative estimate of drug-likeness (QED) is 0.875. The van der Waals surface area contributed by atoms with Gasteiger partial charge in [-0.1, -0.05) is 35.9 Å². The predicted molar refractivity (Wildman–Crippen MR) is 97.5 cm³/mol. The molecule has 1 aliphatic rings. The number of nitrogens with zero attached hydrogens (tertiary/aromatic N) is 1. The largest absolute Gasteiger partial charge is 0.396 e. The second-order valence-corrected chi connectivity index (χ2v) is 6.80. The third kappa shape index (κ3) is 3.89. The summed E-state index contributed by atoms with van der Waals surface area (Å²) in [5.74, 6) is 0.299. The molecule has 0 spiro atoms. The molecule has 1 heterocycles. The SMILES string of the molecule is O=C(NCCN1CCCC(CO)C1)c1cccc2c(Cl)cccc12. The van der Waals surface area contributed by atoms with Gasteiger partial charge in [0.05, 0.1) is 0 Å². The first kappa shape index (κ1) is 17.2. The van der Waals surface area contributed by atoms with Crippen LogP contribution in [0.3, 0.4) is 0 Å². The van der Waals surface area contributed by atoms with Crippen molar-refractivity contribution in [2.45, 2.75) is 12.8 Å². The second kappa shape index (κ2) is 7.97. The van der Waals surface area contributed by atoms with E-state index < -0.39 is 0 Å². The maximum Gasteiger partial charge on any atom is 0.251 e. The minimum absolute atomic E-state index is 0.0708. The summed E-state index contributed by atoms with van der Waals surface area (Å²) in [5.41, 5.74) is 0.655. The van der Waals surface area contributed by atoms with Crippen LogP contribution in [0.4, 0.5) is 0 Å². The maximum atomic E-state index is 12.5. The molecule has 1 aliphatic heterocycles. The first-order valence-corrected chi connectivity index (χ1v) is 8.85. The Bertz CT molecular complexity index is 720. The summed E-state index contributed by atoms with van der Waals surface area (Å²) in [4.78, 5) is 14.8. The van der Waals surface area contributed by atoms with Gasteiger partial charge in [-0.2, -0.15) is 0 Å². The molecule has 24 heavy (non-hydrogen) atoms. The van der Waals surface area contributed by atoms with Gasteiger partial charge in [0.25, 0.3) is 5.91 Å². The van der Waals surface area contributed by atoms with Crippen LogP contribution in [0.1, 0.15) is 23.2 Å². The van der Waals surface area contributed by atoms with Crippen LogP contribution in [0.25, 0.3) is 10.8 Å². The molecular weight excluding hydrogens is 324 g/mol. The smallest absolute Gasteiger partial charge is 0.251 e. The van der Waals surface area contributed by atoms with E-state index in [1.807, 2.05) is 36.4 Å². The summed E-state index contributed by atoms with van der Waals surface area (Å²) in [6.45, 7) is 3.62. The van der Waals surface area contributed by atoms with E-state index in [9.17, 15) is 9.90 Å². The van der Waals surface area contributed by atoms with E-state index in [-0.39, 0.29) is 12.5 Å². The van der Waals surface area contributed by atoms with Crippen molar-refractivity contribution in [2.75, 3.05) is 32.8 Å². The van der Waals surface area contributed by atoms with Crippen molar-refractivity contribution in [3.63, 3.8) is 0 Å². The van der Waals surface area contributed by atoms with Crippen LogP contribution in [0, 0.1) is 5.92 Å². The van der Waals surface area contributed by atoms with Crippen molar-refractivity contribution in [2.24, 2.45) is 5.92 Å². The Morgan fingerprint density at radius 3 is 2.88 bits per heavy atom. The fourth-order valence-electron chi connectivity index (χ4n) is 3.40. The fraction of sp³-hybridized carbons (Fsp3) is 0.421. The minimum atomic E-state index is -0.0708. The molecule has 1 saturated heterocycles. The van der Waals surface area contributed by atoms with E-state index in [1.165, 1.54) is 0 Å². The molecule has 128 valence electrons. The zero-order chi connectivity index (χ0) is 16.9. The van der Waals surface area contributed by atoms with Crippen molar-refractivity contribution in [1.82, 2.24) is 10.2 Å². The number of likely N-dealkylation sites (tertiary alicyclic amines) is 1. The van der Waals surface area contributed by atoms with E-state index in [0.717, 1.165) is 43.2 Å². The Labute approximate surface area is 147 Å². The third-order valence-electron chi connectivity index (χ3n) is 4.69. The number of aliphatic hydroxyl groups is 1. The number of hydrogen-bond donors (Lipinski definition) is 2. The lowest BCUT2D eigenvalue weighted by Crippen LogP contribution is -2.41. The van der Waals surface area contributed by atoms with Crippen LogP contribution in [0.2, 0.25) is 5.02 Å². The molecule has 4 nitrogen and oxygen atoms in total. The first-order valence-electron chi connectivity index (χ1n) is 8.47. The van der Waals surface area contributed by atoms with Gasteiger partial charge in [-0.05, 0) is 42.8 Å². The molecule has 0 saturated carbocycles. The monoisotopic (exact) mass is 346 g/mol. The highest BCUT2D eigenvalue weighted by atomic mass is 35.5. The van der Waals surface area contributed by atoms with E-state index in [4.69, 9.17) is 11.6 Å². The summed E-state index contributed by atoms with van der Waals surface area (Å²) >= 11 is 6.21. The molecule has 1 amide bonds. The molecule has 3 rings (SSSR count). The Kier molecular flexibility index (Phi) is 5.72. The summed E-state index contributed by atoms with van der Waals surface area (Å²) < 4.78 is 0. The lowest BCUT2D eigenvalue weighted by molar-refractivity contribution is 0.0932. The number of hydrogen-bond acceptors (Lipinski definition) is 3. The summed E-state index contributed by atoms with van der Waals surface area (Å²) in [5, 5.41) is 14.7. The van der Waals surface area contributed by atoms with Gasteiger partial charge in [0.15, 0.2) is 0 Å². The number of benzene rings is 2. The molecule has 0 aromatic heterocycles. The number of amides is 1. The molecule has 2 N–H and O–H groups in total. The number of nitrogens with one attached hydrogen (secondary N) is 1. The van der Waals surface area contributed by atoms with Gasteiger partial charge in [0, 0.05) is 42.2 Å². The van der Waals surface area contributed by atoms with Gasteiger partial charge in [0.2, 0.25) is 0 Å². The standard InChI is InChI=1S/C19H23ClN2O2/c20-18-8-2-5-15-16(18)6-1-7-17(15)19(24)21-9-11-22-10-3-4-14(12-22)13-23/h1-2,5-8,14,23H,3-4,9-13H2,(H,21,24). The third-order valence-corrected chi connectivity index (χ3v) is 5.02. The average Bonchev–Trinajstić information content (AvgIpc) is 2.62. The Hall–Kier alpha value is -1.62. The molecular formula is C19H23ClN2O2. The number of carbonyl (C=O) groups is 1. The van der Waals surface area contributed by atoms with Crippen molar-refractivity contribution < 1.29 is 9.90 Å². The fourth-order valence-corrected chi connectivity index (χ4v) is 3.63. The number of rotatable bonds is 5. The Morgan fingerprint density at radius 1 is 1.25 bits per heavy atom. The normalized spacial score (nSPS) is 18.7. The van der Waals surface area contributed by atoms with Gasteiger partial charge in [-0.15, -0.1) is 0 Å². The van der Waals surface area contributed by atoms with Crippen molar-refractivity contribution in [3.8, 4) is 0 Å². The number of halogens is 1. The molecule has 1 unspecified atom stereocenters. The number of fused-ring (bicyclic) bond motifs is 1. The van der Waals surface area contributed by atoms with Crippen LogP contribution in [-0.2, 0) is 0 Å². The lowest BCUT2D eigenvalue weighted by Gasteiger charge is -2.31. The van der Waals surface area contributed by atoms with E-state index in [0.29, 0.717) is 23.0 Å². The number of aliphatic hydroxyl groups excluding tert-OH is 1. The summed E-state index contributed by atoms with van der Waals surface area (Å²) in [6.07, 6.45) is 2.21. The van der Waals surface area contributed by atoms with Gasteiger partial charge in [-0.3, -0.25) is 4.79 Å². The van der Waals surface area contributed by atoms with E-state index in [2.05, 4.69) is 10.2 Å². The average molecular weight is 347 g/mol. The zero-order valence-electron chi connectivity index (χ0n) is 13.7. The van der Waals surface area contributed by atoms with Gasteiger partial charge < -0.3 is 15.3 Å². The highest BCUT2D eigenvalue weighted by Crippen LogP contribution is 2.25. The van der Waals surface area contributed by atoms with E-state index in [1.54, 1.807) is 0 Å². The molecule has 1 fully saturated rings. The molecule has 2 aromatic carbocycles. The maximum absolute atomic E-state index is 12.5. The van der Waals surface area contributed by atoms with Crippen molar-refractivity contribution >= 4 is 28.3 Å². The first-order chi connectivity index (χ1) is 11.7. The van der Waals surface area contributed by atoms with Gasteiger partial charge in [-0.25, -0.2) is 0 Å². The predicted octanol–water partition coefficient (Wildman–Crippen LogP) is 2.93. The number of piperidine rings is 1. The summed E-state index contributed by atoms with van der Waals surface area (Å²) in [7, 11) is 0. The highest BCUT2D eigenvalue weighted by Gasteiger charge is 2.19. The molecule has 5 heteroatoms. The molecule has 0 radical (unpaired) electrons. The van der Waals surface area contributed by atoms with Gasteiger partial charge >= 0.3 is 0 Å². The highest BCUT2D eigenvalue weighted by molar-refractivity contribution is 6.36. The summed E-state index contributed by atoms with van der Waals surface area (Å²) in [6, 6.07) is 11.2. The van der Waals surface area contributed by atoms with Crippen LogP contribution < -0.4 is 5.32 Å². The Balaban J connectivity index is 1.61.